The van der Waals surface area contributed by atoms with Gasteiger partial charge in [-0.2, -0.15) is 9.97 Å². The second-order valence-electron chi connectivity index (χ2n) is 5.30. The zero-order valence-electron chi connectivity index (χ0n) is 13.3. The molecule has 0 spiro atoms. The first-order valence-electron chi connectivity index (χ1n) is 7.43. The van der Waals surface area contributed by atoms with Gasteiger partial charge >= 0.3 is 5.69 Å². The summed E-state index contributed by atoms with van der Waals surface area (Å²) in [5.41, 5.74) is 6.27. The van der Waals surface area contributed by atoms with Gasteiger partial charge in [0.2, 0.25) is 17.7 Å². The monoisotopic (exact) mass is 341 g/mol. The molecule has 10 nitrogen and oxygen atoms in total. The van der Waals surface area contributed by atoms with E-state index in [-0.39, 0.29) is 17.5 Å². The van der Waals surface area contributed by atoms with Gasteiger partial charge in [-0.15, -0.1) is 0 Å². The highest BCUT2D eigenvalue weighted by molar-refractivity contribution is 5.53. The Labute approximate surface area is 142 Å². The second kappa shape index (κ2) is 6.91. The first kappa shape index (κ1) is 16.3. The normalized spacial score (nSPS) is 11.9. The van der Waals surface area contributed by atoms with Crippen molar-refractivity contribution < 1.29 is 9.45 Å². The number of nitrogen functional groups attached to an aromatic ring is 1. The van der Waals surface area contributed by atoms with Crippen LogP contribution in [0.5, 0.6) is 0 Å². The van der Waals surface area contributed by atoms with Crippen molar-refractivity contribution in [2.45, 2.75) is 19.4 Å². The largest absolute Gasteiger partial charge is 0.378 e. The van der Waals surface area contributed by atoms with Gasteiger partial charge in [0.25, 0.3) is 0 Å². The molecule has 0 aliphatic rings. The first-order chi connectivity index (χ1) is 12.0. The Balaban J connectivity index is 1.68. The van der Waals surface area contributed by atoms with Crippen LogP contribution in [0.3, 0.4) is 0 Å². The standard InChI is InChI=1S/C15H15N7O3/c1-9(18-15-17-8-11(22(23)24)13(16)20-15)14-19-12(21-25-14)7-10-5-3-2-4-6-10/h2-6,8-9H,7H2,1H3,(H3,16,17,18,20)/t9-/m0/s1. The summed E-state index contributed by atoms with van der Waals surface area (Å²) in [5, 5.41) is 17.6. The van der Waals surface area contributed by atoms with Crippen LogP contribution in [-0.2, 0) is 6.42 Å². The van der Waals surface area contributed by atoms with Crippen LogP contribution in [0.15, 0.2) is 41.1 Å². The summed E-state index contributed by atoms with van der Waals surface area (Å²) in [7, 11) is 0. The van der Waals surface area contributed by atoms with E-state index in [0.717, 1.165) is 11.8 Å². The molecule has 0 radical (unpaired) electrons. The molecule has 128 valence electrons. The smallest absolute Gasteiger partial charge is 0.329 e. The quantitative estimate of drug-likeness (QED) is 0.508. The molecule has 1 atom stereocenters. The molecule has 0 amide bonds. The van der Waals surface area contributed by atoms with Crippen molar-refractivity contribution in [1.82, 2.24) is 20.1 Å². The molecule has 0 bridgehead atoms. The zero-order valence-corrected chi connectivity index (χ0v) is 13.3. The van der Waals surface area contributed by atoms with Crippen molar-refractivity contribution in [3.63, 3.8) is 0 Å². The van der Waals surface area contributed by atoms with Gasteiger partial charge in [-0.05, 0) is 12.5 Å². The Bertz CT molecular complexity index is 882. The Hall–Kier alpha value is -3.56. The lowest BCUT2D eigenvalue weighted by atomic mass is 10.1. The summed E-state index contributed by atoms with van der Waals surface area (Å²) < 4.78 is 5.24. The molecule has 0 aliphatic carbocycles. The van der Waals surface area contributed by atoms with Gasteiger partial charge in [0.1, 0.15) is 12.2 Å². The van der Waals surface area contributed by atoms with Gasteiger partial charge in [0, 0.05) is 6.42 Å². The zero-order chi connectivity index (χ0) is 17.8. The SMILES string of the molecule is C[C@H](Nc1ncc([N+](=O)[O-])c(N)n1)c1nc(Cc2ccccc2)no1. The Morgan fingerprint density at radius 2 is 2.08 bits per heavy atom. The Morgan fingerprint density at radius 3 is 2.76 bits per heavy atom. The number of nitrogens with one attached hydrogen (secondary N) is 1. The fraction of sp³-hybridized carbons (Fsp3) is 0.200. The van der Waals surface area contributed by atoms with Crippen LogP contribution in [0.2, 0.25) is 0 Å². The molecule has 3 rings (SSSR count). The number of nitrogens with zero attached hydrogens (tertiary/aromatic N) is 5. The highest BCUT2D eigenvalue weighted by Crippen LogP contribution is 2.21. The predicted octanol–water partition coefficient (Wildman–Crippen LogP) is 2.11. The molecule has 2 aromatic heterocycles. The third-order valence-electron chi connectivity index (χ3n) is 3.40. The van der Waals surface area contributed by atoms with Gasteiger partial charge in [0.05, 0.1) is 4.92 Å². The number of nitro groups is 1. The Kier molecular flexibility index (Phi) is 4.50. The molecule has 3 aromatic rings. The molecule has 2 heterocycles. The molecule has 0 fully saturated rings. The molecule has 10 heteroatoms. The van der Waals surface area contributed by atoms with Crippen LogP contribution in [-0.4, -0.2) is 25.0 Å². The first-order valence-corrected chi connectivity index (χ1v) is 7.43. The molecule has 1 aromatic carbocycles. The number of hydrogen-bond acceptors (Lipinski definition) is 9. The minimum Gasteiger partial charge on any atom is -0.378 e. The van der Waals surface area contributed by atoms with Crippen molar-refractivity contribution in [2.24, 2.45) is 0 Å². The summed E-state index contributed by atoms with van der Waals surface area (Å²) in [6.45, 7) is 1.78. The number of aromatic nitrogens is 4. The van der Waals surface area contributed by atoms with E-state index in [2.05, 4.69) is 25.4 Å². The molecular weight excluding hydrogens is 326 g/mol. The summed E-state index contributed by atoms with van der Waals surface area (Å²) >= 11 is 0. The fourth-order valence-corrected chi connectivity index (χ4v) is 2.15. The maximum absolute atomic E-state index is 10.7. The van der Waals surface area contributed by atoms with E-state index in [9.17, 15) is 10.1 Å². The van der Waals surface area contributed by atoms with Crippen LogP contribution in [0.4, 0.5) is 17.5 Å². The lowest BCUT2D eigenvalue weighted by molar-refractivity contribution is -0.384. The van der Waals surface area contributed by atoms with Gasteiger partial charge in [-0.1, -0.05) is 35.5 Å². The minimum atomic E-state index is -0.642. The van der Waals surface area contributed by atoms with Crippen molar-refractivity contribution in [1.29, 1.82) is 0 Å². The number of rotatable bonds is 6. The predicted molar refractivity (Wildman–Crippen MR) is 88.7 cm³/mol. The number of nitrogens with two attached hydrogens (primary N) is 1. The molecule has 0 aliphatic heterocycles. The van der Waals surface area contributed by atoms with E-state index >= 15 is 0 Å². The average Bonchev–Trinajstić information content (AvgIpc) is 3.04. The molecular formula is C15H15N7O3. The number of anilines is 2. The number of hydrogen-bond donors (Lipinski definition) is 2. The summed E-state index contributed by atoms with van der Waals surface area (Å²) in [6.07, 6.45) is 1.60. The van der Waals surface area contributed by atoms with E-state index in [4.69, 9.17) is 10.3 Å². The second-order valence-corrected chi connectivity index (χ2v) is 5.30. The van der Waals surface area contributed by atoms with Gasteiger partial charge in [0.15, 0.2) is 5.82 Å². The van der Waals surface area contributed by atoms with Gasteiger partial charge in [-0.3, -0.25) is 10.1 Å². The van der Waals surface area contributed by atoms with E-state index in [1.54, 1.807) is 6.92 Å². The molecule has 0 unspecified atom stereocenters. The Morgan fingerprint density at radius 1 is 1.32 bits per heavy atom. The molecule has 3 N–H and O–H groups in total. The fourth-order valence-electron chi connectivity index (χ4n) is 2.15. The lowest BCUT2D eigenvalue weighted by Gasteiger charge is -2.09. The van der Waals surface area contributed by atoms with Crippen molar-refractivity contribution >= 4 is 17.5 Å². The molecule has 0 saturated carbocycles. The van der Waals surface area contributed by atoms with E-state index in [1.807, 2.05) is 30.3 Å². The van der Waals surface area contributed by atoms with E-state index in [1.165, 1.54) is 0 Å². The maximum atomic E-state index is 10.7. The van der Waals surface area contributed by atoms with Crippen molar-refractivity contribution in [2.75, 3.05) is 11.1 Å². The molecule has 0 saturated heterocycles. The van der Waals surface area contributed by atoms with Crippen LogP contribution in [0.1, 0.15) is 30.2 Å². The van der Waals surface area contributed by atoms with Gasteiger partial charge < -0.3 is 15.6 Å². The van der Waals surface area contributed by atoms with Crippen molar-refractivity contribution in [3.05, 3.63) is 63.9 Å². The average molecular weight is 341 g/mol. The van der Waals surface area contributed by atoms with E-state index in [0.29, 0.717) is 18.1 Å². The minimum absolute atomic E-state index is 0.137. The van der Waals surface area contributed by atoms with Crippen LogP contribution in [0.25, 0.3) is 0 Å². The van der Waals surface area contributed by atoms with Crippen LogP contribution in [0, 0.1) is 10.1 Å². The van der Waals surface area contributed by atoms with Gasteiger partial charge in [-0.25, -0.2) is 4.98 Å². The topological polar surface area (TPSA) is 146 Å². The summed E-state index contributed by atoms with van der Waals surface area (Å²) in [4.78, 5) is 22.1. The van der Waals surface area contributed by atoms with E-state index < -0.39 is 11.0 Å². The summed E-state index contributed by atoms with van der Waals surface area (Å²) in [6, 6.07) is 9.38. The third kappa shape index (κ3) is 3.86. The van der Waals surface area contributed by atoms with Crippen LogP contribution < -0.4 is 11.1 Å². The van der Waals surface area contributed by atoms with Crippen LogP contribution >= 0.6 is 0 Å². The number of benzene rings is 1. The third-order valence-corrected chi connectivity index (χ3v) is 3.40. The highest BCUT2D eigenvalue weighted by atomic mass is 16.6. The summed E-state index contributed by atoms with van der Waals surface area (Å²) in [5.74, 6) is 0.828. The molecule has 25 heavy (non-hydrogen) atoms. The highest BCUT2D eigenvalue weighted by Gasteiger charge is 2.18. The van der Waals surface area contributed by atoms with Crippen molar-refractivity contribution in [3.8, 4) is 0 Å². The maximum Gasteiger partial charge on any atom is 0.329 e. The lowest BCUT2D eigenvalue weighted by Crippen LogP contribution is -2.11.